The summed E-state index contributed by atoms with van der Waals surface area (Å²) < 4.78 is 23.2. The zero-order valence-electron chi connectivity index (χ0n) is 13.3. The zero-order chi connectivity index (χ0) is 15.3. The number of pyridine rings is 1. The third-order valence-corrected chi connectivity index (χ3v) is 4.39. The third kappa shape index (κ3) is 2.74. The van der Waals surface area contributed by atoms with Gasteiger partial charge in [-0.25, -0.2) is 0 Å². The highest BCUT2D eigenvalue weighted by Crippen LogP contribution is 2.37. The number of hydrogen-bond acceptors (Lipinski definition) is 5. The molecule has 1 saturated carbocycles. The highest BCUT2D eigenvalue weighted by Gasteiger charge is 2.52. The Labute approximate surface area is 126 Å². The average Bonchev–Trinajstić information content (AvgIpc) is 3.17. The Morgan fingerprint density at radius 3 is 2.29 bits per heavy atom. The largest absolute Gasteiger partial charge is 0.514 e. The summed E-state index contributed by atoms with van der Waals surface area (Å²) in [5.74, 6) is 1.35. The van der Waals surface area contributed by atoms with Gasteiger partial charge in [-0.2, -0.15) is 0 Å². The van der Waals surface area contributed by atoms with Crippen LogP contribution in [-0.2, 0) is 9.31 Å². The molecule has 0 radical (unpaired) electrons. The fraction of sp³-hybridized carbons (Fsp3) is 0.667. The molecule has 2 heterocycles. The van der Waals surface area contributed by atoms with Gasteiger partial charge in [0.1, 0.15) is 0 Å². The number of aromatic nitrogens is 1. The van der Waals surface area contributed by atoms with Crippen LogP contribution in [0.4, 0.5) is 0 Å². The van der Waals surface area contributed by atoms with Crippen LogP contribution in [-0.4, -0.2) is 36.5 Å². The summed E-state index contributed by atoms with van der Waals surface area (Å²) in [6.45, 7) is 8.09. The quantitative estimate of drug-likeness (QED) is 0.793. The lowest BCUT2D eigenvalue weighted by atomic mass is 9.84. The van der Waals surface area contributed by atoms with Crippen molar-refractivity contribution in [3.63, 3.8) is 0 Å². The van der Waals surface area contributed by atoms with Gasteiger partial charge in [-0.1, -0.05) is 0 Å². The van der Waals surface area contributed by atoms with Crippen molar-refractivity contribution >= 4 is 12.7 Å². The number of hydrogen-bond donors (Lipinski definition) is 0. The van der Waals surface area contributed by atoms with Crippen LogP contribution >= 0.6 is 0 Å². The van der Waals surface area contributed by atoms with Crippen LogP contribution in [0.1, 0.15) is 40.5 Å². The molecule has 1 aliphatic carbocycles. The van der Waals surface area contributed by atoms with Crippen LogP contribution in [0, 0.1) is 0 Å². The van der Waals surface area contributed by atoms with Crippen molar-refractivity contribution in [2.75, 3.05) is 7.11 Å². The molecule has 0 spiro atoms. The van der Waals surface area contributed by atoms with Crippen LogP contribution in [0.2, 0.25) is 0 Å². The monoisotopic (exact) mass is 291 g/mol. The minimum Gasteiger partial charge on any atom is -0.493 e. The summed E-state index contributed by atoms with van der Waals surface area (Å²) in [6.07, 6.45) is 4.20. The van der Waals surface area contributed by atoms with Crippen molar-refractivity contribution in [3.05, 3.63) is 12.3 Å². The summed E-state index contributed by atoms with van der Waals surface area (Å²) >= 11 is 0. The maximum Gasteiger partial charge on any atom is 0.514 e. The molecule has 0 bridgehead atoms. The van der Waals surface area contributed by atoms with Gasteiger partial charge < -0.3 is 18.8 Å². The van der Waals surface area contributed by atoms with Gasteiger partial charge >= 0.3 is 7.12 Å². The maximum atomic E-state index is 6.00. The number of ether oxygens (including phenoxy) is 2. The van der Waals surface area contributed by atoms with E-state index in [1.807, 2.05) is 33.8 Å². The van der Waals surface area contributed by atoms with Gasteiger partial charge in [-0.05, 0) is 40.5 Å². The van der Waals surface area contributed by atoms with Gasteiger partial charge in [-0.15, -0.1) is 0 Å². The first-order valence-corrected chi connectivity index (χ1v) is 7.38. The smallest absolute Gasteiger partial charge is 0.493 e. The van der Waals surface area contributed by atoms with E-state index < -0.39 is 7.12 Å². The van der Waals surface area contributed by atoms with Gasteiger partial charge in [0.15, 0.2) is 11.5 Å². The number of rotatable bonds is 4. The minimum atomic E-state index is -0.487. The van der Waals surface area contributed by atoms with E-state index in [0.717, 1.165) is 12.8 Å². The third-order valence-electron chi connectivity index (χ3n) is 4.39. The summed E-state index contributed by atoms with van der Waals surface area (Å²) in [7, 11) is 1.14. The molecule has 21 heavy (non-hydrogen) atoms. The first-order valence-electron chi connectivity index (χ1n) is 7.38. The van der Waals surface area contributed by atoms with Gasteiger partial charge in [0.2, 0.25) is 0 Å². The normalized spacial score (nSPS) is 23.2. The molecule has 1 aliphatic heterocycles. The van der Waals surface area contributed by atoms with E-state index in [4.69, 9.17) is 18.8 Å². The van der Waals surface area contributed by atoms with Gasteiger partial charge in [-0.3, -0.25) is 4.98 Å². The predicted molar refractivity (Wildman–Crippen MR) is 80.2 cm³/mol. The SMILES string of the molecule is COc1cc(B2OC(C)(C)C(C)(C)O2)ncc1OC1CC1. The molecule has 2 aliphatic rings. The fourth-order valence-corrected chi connectivity index (χ4v) is 2.15. The average molecular weight is 291 g/mol. The summed E-state index contributed by atoms with van der Waals surface area (Å²) in [5, 5.41) is 0. The first-order chi connectivity index (χ1) is 9.82. The van der Waals surface area contributed by atoms with Crippen molar-refractivity contribution in [1.82, 2.24) is 4.98 Å². The highest BCUT2D eigenvalue weighted by molar-refractivity contribution is 6.61. The van der Waals surface area contributed by atoms with E-state index >= 15 is 0 Å². The van der Waals surface area contributed by atoms with E-state index in [2.05, 4.69) is 4.98 Å². The van der Waals surface area contributed by atoms with E-state index in [-0.39, 0.29) is 11.2 Å². The molecule has 0 atom stereocenters. The molecule has 0 N–H and O–H groups in total. The minimum absolute atomic E-state index is 0.309. The topological polar surface area (TPSA) is 49.8 Å². The zero-order valence-corrected chi connectivity index (χ0v) is 13.3. The van der Waals surface area contributed by atoms with Crippen LogP contribution in [0.15, 0.2) is 12.3 Å². The molecule has 3 rings (SSSR count). The van der Waals surface area contributed by atoms with Crippen molar-refractivity contribution in [3.8, 4) is 11.5 Å². The summed E-state index contributed by atoms with van der Waals surface area (Å²) in [6, 6.07) is 1.83. The fourth-order valence-electron chi connectivity index (χ4n) is 2.15. The molecule has 1 aromatic heterocycles. The Morgan fingerprint density at radius 2 is 1.76 bits per heavy atom. The lowest BCUT2D eigenvalue weighted by molar-refractivity contribution is 0.00578. The molecule has 6 heteroatoms. The van der Waals surface area contributed by atoms with E-state index in [1.54, 1.807) is 13.3 Å². The Balaban J connectivity index is 1.83. The molecule has 2 fully saturated rings. The second kappa shape index (κ2) is 4.88. The second-order valence-electron chi connectivity index (χ2n) is 6.67. The van der Waals surface area contributed by atoms with E-state index in [9.17, 15) is 0 Å². The van der Waals surface area contributed by atoms with Crippen LogP contribution in [0.5, 0.6) is 11.5 Å². The lowest BCUT2D eigenvalue weighted by Gasteiger charge is -2.32. The van der Waals surface area contributed by atoms with Crippen molar-refractivity contribution < 1.29 is 18.8 Å². The van der Waals surface area contributed by atoms with Crippen LogP contribution in [0.3, 0.4) is 0 Å². The summed E-state index contributed by atoms with van der Waals surface area (Å²) in [4.78, 5) is 4.43. The molecule has 0 unspecified atom stereocenters. The molecular weight excluding hydrogens is 269 g/mol. The number of nitrogens with zero attached hydrogens (tertiary/aromatic N) is 1. The van der Waals surface area contributed by atoms with Crippen molar-refractivity contribution in [2.45, 2.75) is 57.8 Å². The second-order valence-corrected chi connectivity index (χ2v) is 6.67. The molecule has 1 aromatic rings. The lowest BCUT2D eigenvalue weighted by Crippen LogP contribution is -2.41. The Kier molecular flexibility index (Phi) is 3.41. The molecule has 0 aromatic carbocycles. The van der Waals surface area contributed by atoms with Crippen LogP contribution < -0.4 is 15.1 Å². The Hall–Kier alpha value is -1.27. The summed E-state index contributed by atoms with van der Waals surface area (Å²) in [5.41, 5.74) is -0.0560. The van der Waals surface area contributed by atoms with E-state index in [1.165, 1.54) is 0 Å². The Morgan fingerprint density at radius 1 is 1.14 bits per heavy atom. The molecule has 114 valence electrons. The van der Waals surface area contributed by atoms with Crippen molar-refractivity contribution in [2.24, 2.45) is 0 Å². The van der Waals surface area contributed by atoms with Crippen LogP contribution in [0.25, 0.3) is 0 Å². The standard InChI is InChI=1S/C15H22BNO4/c1-14(2)15(3,4)21-16(20-14)13-8-11(18-5)12(9-17-13)19-10-6-7-10/h8-10H,6-7H2,1-5H3. The van der Waals surface area contributed by atoms with Gasteiger partial charge in [0, 0.05) is 6.07 Å². The van der Waals surface area contributed by atoms with Gasteiger partial charge in [0.05, 0.1) is 36.2 Å². The maximum absolute atomic E-state index is 6.00. The molecular formula is C15H22BNO4. The van der Waals surface area contributed by atoms with E-state index in [0.29, 0.717) is 23.2 Å². The molecule has 5 nitrogen and oxygen atoms in total. The molecule has 1 saturated heterocycles. The molecule has 0 amide bonds. The van der Waals surface area contributed by atoms with Gasteiger partial charge in [0.25, 0.3) is 0 Å². The highest BCUT2D eigenvalue weighted by atomic mass is 16.7. The number of methoxy groups -OCH3 is 1. The Bertz CT molecular complexity index is 526. The predicted octanol–water partition coefficient (Wildman–Crippen LogP) is 1.93. The van der Waals surface area contributed by atoms with Crippen molar-refractivity contribution in [1.29, 1.82) is 0 Å². The first kappa shape index (κ1) is 14.7.